The summed E-state index contributed by atoms with van der Waals surface area (Å²) in [6.07, 6.45) is 0. The van der Waals surface area contributed by atoms with E-state index in [9.17, 15) is 15.0 Å². The van der Waals surface area contributed by atoms with Gasteiger partial charge in [0.15, 0.2) is 11.5 Å². The third-order valence-electron chi connectivity index (χ3n) is 3.74. The number of nitrogens with zero attached hydrogens (tertiary/aromatic N) is 1. The van der Waals surface area contributed by atoms with E-state index in [2.05, 4.69) is 0 Å². The van der Waals surface area contributed by atoms with Crippen LogP contribution in [-0.4, -0.2) is 46.8 Å². The highest BCUT2D eigenvalue weighted by Crippen LogP contribution is 2.34. The molecule has 1 heterocycles. The van der Waals surface area contributed by atoms with Crippen LogP contribution >= 0.6 is 0 Å². The van der Waals surface area contributed by atoms with Crippen LogP contribution in [0.3, 0.4) is 0 Å². The average Bonchev–Trinajstić information content (AvgIpc) is 2.34. The Labute approximate surface area is 112 Å². The minimum atomic E-state index is -0.815. The number of ether oxygens (including phenoxy) is 1. The molecule has 1 amide bonds. The van der Waals surface area contributed by atoms with Gasteiger partial charge in [-0.2, -0.15) is 0 Å². The fourth-order valence-electron chi connectivity index (χ4n) is 2.15. The largest absolute Gasteiger partial charge is 0.504 e. The van der Waals surface area contributed by atoms with Crippen LogP contribution in [0.5, 0.6) is 11.5 Å². The number of methoxy groups -OCH3 is 1. The number of hydrogen-bond donors (Lipinski definition) is 2. The number of amides is 1. The Hall–Kier alpha value is -1.75. The van der Waals surface area contributed by atoms with Crippen LogP contribution < -0.4 is 4.74 Å². The van der Waals surface area contributed by atoms with Crippen LogP contribution in [0.1, 0.15) is 24.2 Å². The van der Waals surface area contributed by atoms with Crippen molar-refractivity contribution in [1.82, 2.24) is 4.90 Å². The molecule has 1 saturated heterocycles. The number of phenolic OH excluding ortho intramolecular Hbond substituents is 1. The number of carbonyl (C=O) groups excluding carboxylic acids is 1. The second kappa shape index (κ2) is 4.74. The number of likely N-dealkylation sites (tertiary alicyclic amines) is 1. The molecule has 0 spiro atoms. The van der Waals surface area contributed by atoms with Crippen LogP contribution in [0.15, 0.2) is 18.2 Å². The molecule has 1 aliphatic heterocycles. The maximum Gasteiger partial charge on any atom is 0.257 e. The fraction of sp³-hybridized carbons (Fsp3) is 0.500. The molecule has 0 unspecified atom stereocenters. The lowest BCUT2D eigenvalue weighted by atomic mass is 9.82. The molecule has 2 N–H and O–H groups in total. The van der Waals surface area contributed by atoms with Crippen molar-refractivity contribution >= 4 is 5.91 Å². The first-order valence-electron chi connectivity index (χ1n) is 6.26. The van der Waals surface area contributed by atoms with Gasteiger partial charge in [-0.15, -0.1) is 0 Å². The van der Waals surface area contributed by atoms with Gasteiger partial charge in [-0.3, -0.25) is 4.79 Å². The van der Waals surface area contributed by atoms with Gasteiger partial charge in [0.1, 0.15) is 5.60 Å². The van der Waals surface area contributed by atoms with Crippen LogP contribution in [0.25, 0.3) is 0 Å². The Balaban J connectivity index is 2.15. The average molecular weight is 265 g/mol. The van der Waals surface area contributed by atoms with Crippen molar-refractivity contribution < 1.29 is 19.7 Å². The molecular formula is C14H19NO4. The Morgan fingerprint density at radius 3 is 2.58 bits per heavy atom. The number of para-hydroxylation sites is 1. The van der Waals surface area contributed by atoms with Crippen LogP contribution in [0, 0.1) is 5.92 Å². The Kier molecular flexibility index (Phi) is 3.41. The summed E-state index contributed by atoms with van der Waals surface area (Å²) in [5.41, 5.74) is -0.616. The predicted molar refractivity (Wildman–Crippen MR) is 70.4 cm³/mol. The van der Waals surface area contributed by atoms with Gasteiger partial charge in [-0.25, -0.2) is 0 Å². The minimum Gasteiger partial charge on any atom is -0.504 e. The standard InChI is InChI=1S/C14H19NO4/c1-9(2)14(18)7-15(8-14)13(17)10-5-4-6-11(19-3)12(10)16/h4-6,9,16,18H,7-8H2,1-3H3. The van der Waals surface area contributed by atoms with Crippen molar-refractivity contribution in [2.75, 3.05) is 20.2 Å². The van der Waals surface area contributed by atoms with Crippen molar-refractivity contribution in [3.63, 3.8) is 0 Å². The first-order valence-corrected chi connectivity index (χ1v) is 6.26. The first-order chi connectivity index (χ1) is 8.89. The number of rotatable bonds is 3. The summed E-state index contributed by atoms with van der Waals surface area (Å²) in [4.78, 5) is 13.7. The zero-order chi connectivity index (χ0) is 14.2. The monoisotopic (exact) mass is 265 g/mol. The molecule has 0 bridgehead atoms. The number of benzene rings is 1. The fourth-order valence-corrected chi connectivity index (χ4v) is 2.15. The summed E-state index contributed by atoms with van der Waals surface area (Å²) < 4.78 is 4.98. The van der Waals surface area contributed by atoms with E-state index in [0.717, 1.165) is 0 Å². The number of carbonyl (C=O) groups is 1. The zero-order valence-corrected chi connectivity index (χ0v) is 11.4. The van der Waals surface area contributed by atoms with Gasteiger partial charge < -0.3 is 19.8 Å². The second-order valence-electron chi connectivity index (χ2n) is 5.28. The summed E-state index contributed by atoms with van der Waals surface area (Å²) in [5, 5.41) is 20.1. The predicted octanol–water partition coefficient (Wildman–Crippen LogP) is 1.24. The normalized spacial score (nSPS) is 17.2. The Morgan fingerprint density at radius 2 is 2.05 bits per heavy atom. The van der Waals surface area contributed by atoms with E-state index in [-0.39, 0.29) is 28.9 Å². The number of aliphatic hydroxyl groups is 1. The molecule has 0 saturated carbocycles. The molecule has 1 aliphatic rings. The molecule has 104 valence electrons. The van der Waals surface area contributed by atoms with E-state index in [1.807, 2.05) is 13.8 Å². The Bertz CT molecular complexity index is 492. The SMILES string of the molecule is COc1cccc(C(=O)N2CC(O)(C(C)C)C2)c1O. The molecule has 19 heavy (non-hydrogen) atoms. The van der Waals surface area contributed by atoms with E-state index < -0.39 is 5.60 Å². The number of phenols is 1. The smallest absolute Gasteiger partial charge is 0.257 e. The molecule has 2 rings (SSSR count). The van der Waals surface area contributed by atoms with Gasteiger partial charge in [0.25, 0.3) is 5.91 Å². The maximum absolute atomic E-state index is 12.2. The summed E-state index contributed by atoms with van der Waals surface area (Å²) >= 11 is 0. The number of hydrogen-bond acceptors (Lipinski definition) is 4. The van der Waals surface area contributed by atoms with E-state index in [4.69, 9.17) is 4.74 Å². The molecule has 0 aromatic heterocycles. The van der Waals surface area contributed by atoms with Crippen LogP contribution in [-0.2, 0) is 0 Å². The molecule has 1 aromatic rings. The number of aromatic hydroxyl groups is 1. The highest BCUT2D eigenvalue weighted by molar-refractivity contribution is 5.98. The summed E-state index contributed by atoms with van der Waals surface area (Å²) in [6, 6.07) is 4.79. The van der Waals surface area contributed by atoms with Gasteiger partial charge in [0.2, 0.25) is 0 Å². The molecule has 0 atom stereocenters. The number of β-amino-alcohol motifs (C(OH)–C–C–N with tert-alkyl or cyclic N) is 1. The third-order valence-corrected chi connectivity index (χ3v) is 3.74. The summed E-state index contributed by atoms with van der Waals surface area (Å²) in [6.45, 7) is 4.43. The van der Waals surface area contributed by atoms with E-state index in [0.29, 0.717) is 13.1 Å². The molecule has 5 nitrogen and oxygen atoms in total. The van der Waals surface area contributed by atoms with Gasteiger partial charge in [-0.05, 0) is 18.1 Å². The highest BCUT2D eigenvalue weighted by Gasteiger charge is 2.46. The van der Waals surface area contributed by atoms with E-state index >= 15 is 0 Å². The van der Waals surface area contributed by atoms with Crippen molar-refractivity contribution in [3.05, 3.63) is 23.8 Å². The molecule has 1 aromatic carbocycles. The second-order valence-corrected chi connectivity index (χ2v) is 5.28. The lowest BCUT2D eigenvalue weighted by Gasteiger charge is -2.49. The minimum absolute atomic E-state index is 0.0930. The van der Waals surface area contributed by atoms with Gasteiger partial charge in [0.05, 0.1) is 25.8 Å². The molecule has 0 radical (unpaired) electrons. The van der Waals surface area contributed by atoms with Crippen molar-refractivity contribution in [2.45, 2.75) is 19.4 Å². The molecule has 0 aliphatic carbocycles. The molecular weight excluding hydrogens is 246 g/mol. The molecule has 5 heteroatoms. The van der Waals surface area contributed by atoms with Gasteiger partial charge >= 0.3 is 0 Å². The quantitative estimate of drug-likeness (QED) is 0.862. The topological polar surface area (TPSA) is 70.0 Å². The van der Waals surface area contributed by atoms with Crippen LogP contribution in [0.2, 0.25) is 0 Å². The van der Waals surface area contributed by atoms with E-state index in [1.54, 1.807) is 18.2 Å². The van der Waals surface area contributed by atoms with Gasteiger partial charge in [-0.1, -0.05) is 19.9 Å². The Morgan fingerprint density at radius 1 is 1.42 bits per heavy atom. The zero-order valence-electron chi connectivity index (χ0n) is 11.4. The lowest BCUT2D eigenvalue weighted by molar-refractivity contribution is -0.110. The highest BCUT2D eigenvalue weighted by atomic mass is 16.5. The first kappa shape index (κ1) is 13.7. The van der Waals surface area contributed by atoms with Crippen molar-refractivity contribution in [3.8, 4) is 11.5 Å². The summed E-state index contributed by atoms with van der Waals surface area (Å²) in [7, 11) is 1.43. The lowest BCUT2D eigenvalue weighted by Crippen LogP contribution is -2.65. The molecule has 1 fully saturated rings. The summed E-state index contributed by atoms with van der Waals surface area (Å²) in [5.74, 6) is -0.0855. The third kappa shape index (κ3) is 2.26. The van der Waals surface area contributed by atoms with Crippen LogP contribution in [0.4, 0.5) is 0 Å². The maximum atomic E-state index is 12.2. The van der Waals surface area contributed by atoms with Crippen molar-refractivity contribution in [2.24, 2.45) is 5.92 Å². The van der Waals surface area contributed by atoms with E-state index in [1.165, 1.54) is 12.0 Å². The van der Waals surface area contributed by atoms with Gasteiger partial charge in [0, 0.05) is 0 Å². The van der Waals surface area contributed by atoms with Crippen molar-refractivity contribution in [1.29, 1.82) is 0 Å².